The number of fused-ring (bicyclic) bond motifs is 1. The van der Waals surface area contributed by atoms with E-state index in [-0.39, 0.29) is 0 Å². The van der Waals surface area contributed by atoms with E-state index in [1.54, 1.807) is 12.3 Å². The van der Waals surface area contributed by atoms with Crippen LogP contribution in [-0.2, 0) is 6.54 Å². The van der Waals surface area contributed by atoms with Crippen molar-refractivity contribution in [2.45, 2.75) is 6.54 Å². The highest BCUT2D eigenvalue weighted by atomic mass is 16.6. The summed E-state index contributed by atoms with van der Waals surface area (Å²) in [7, 11) is 0. The molecule has 3 rings (SSSR count). The molecular formula is C13H14N4O2. The molecule has 6 heteroatoms. The highest BCUT2D eigenvalue weighted by Gasteiger charge is 2.12. The van der Waals surface area contributed by atoms with Crippen LogP contribution in [0.15, 0.2) is 30.5 Å². The Bertz CT molecular complexity index is 589. The van der Waals surface area contributed by atoms with Crippen LogP contribution in [0.3, 0.4) is 0 Å². The number of ether oxygens (including phenoxy) is 2. The summed E-state index contributed by atoms with van der Waals surface area (Å²) in [5.74, 6) is 2.00. The minimum absolute atomic E-state index is 0.387. The average Bonchev–Trinajstić information content (AvgIpc) is 2.47. The number of aromatic nitrogens is 2. The molecule has 6 nitrogen and oxygen atoms in total. The van der Waals surface area contributed by atoms with Crippen molar-refractivity contribution in [3.05, 3.63) is 36.2 Å². The summed E-state index contributed by atoms with van der Waals surface area (Å²) in [4.78, 5) is 8.42. The van der Waals surface area contributed by atoms with Crippen LogP contribution in [0.4, 0.5) is 11.6 Å². The van der Waals surface area contributed by atoms with Gasteiger partial charge in [0.1, 0.15) is 13.2 Å². The Balaban J connectivity index is 1.82. The van der Waals surface area contributed by atoms with Crippen molar-refractivity contribution < 1.29 is 9.47 Å². The Morgan fingerprint density at radius 3 is 2.84 bits per heavy atom. The van der Waals surface area contributed by atoms with Crippen molar-refractivity contribution in [3.63, 3.8) is 0 Å². The molecular weight excluding hydrogens is 244 g/mol. The van der Waals surface area contributed by atoms with E-state index in [2.05, 4.69) is 15.3 Å². The third-order valence-electron chi connectivity index (χ3n) is 2.72. The second-order valence-corrected chi connectivity index (χ2v) is 4.06. The minimum atomic E-state index is 0.387. The molecule has 0 amide bonds. The first kappa shape index (κ1) is 11.7. The van der Waals surface area contributed by atoms with E-state index in [1.807, 2.05) is 18.2 Å². The molecule has 19 heavy (non-hydrogen) atoms. The standard InChI is InChI=1S/C13H14N4O2/c14-8-10-3-4-15-13(17-10)16-9-1-2-11-12(7-9)19-6-5-18-11/h1-4,7H,5-6,8,14H2,(H,15,16,17). The summed E-state index contributed by atoms with van der Waals surface area (Å²) in [5.41, 5.74) is 7.18. The molecule has 1 aromatic heterocycles. The molecule has 0 spiro atoms. The van der Waals surface area contributed by atoms with Gasteiger partial charge in [-0.2, -0.15) is 0 Å². The van der Waals surface area contributed by atoms with Crippen LogP contribution in [0.25, 0.3) is 0 Å². The third kappa shape index (κ3) is 2.58. The average molecular weight is 258 g/mol. The number of nitrogens with zero attached hydrogens (tertiary/aromatic N) is 2. The van der Waals surface area contributed by atoms with Crippen molar-refractivity contribution in [1.29, 1.82) is 0 Å². The minimum Gasteiger partial charge on any atom is -0.486 e. The van der Waals surface area contributed by atoms with Crippen LogP contribution >= 0.6 is 0 Å². The Morgan fingerprint density at radius 2 is 2.00 bits per heavy atom. The second-order valence-electron chi connectivity index (χ2n) is 4.06. The van der Waals surface area contributed by atoms with Gasteiger partial charge in [-0.3, -0.25) is 0 Å². The zero-order valence-corrected chi connectivity index (χ0v) is 10.3. The normalized spacial score (nSPS) is 13.1. The highest BCUT2D eigenvalue weighted by Crippen LogP contribution is 2.33. The molecule has 3 N–H and O–H groups in total. The van der Waals surface area contributed by atoms with Gasteiger partial charge >= 0.3 is 0 Å². The number of benzene rings is 1. The number of nitrogens with two attached hydrogens (primary N) is 1. The van der Waals surface area contributed by atoms with Crippen molar-refractivity contribution in [1.82, 2.24) is 9.97 Å². The lowest BCUT2D eigenvalue weighted by Crippen LogP contribution is -2.15. The smallest absolute Gasteiger partial charge is 0.227 e. The summed E-state index contributed by atoms with van der Waals surface area (Å²) in [6.45, 7) is 1.54. The quantitative estimate of drug-likeness (QED) is 0.867. The molecule has 0 saturated carbocycles. The molecule has 1 aliphatic heterocycles. The van der Waals surface area contributed by atoms with E-state index in [0.29, 0.717) is 25.7 Å². The van der Waals surface area contributed by atoms with Crippen molar-refractivity contribution in [3.8, 4) is 11.5 Å². The fraction of sp³-hybridized carbons (Fsp3) is 0.231. The van der Waals surface area contributed by atoms with Crippen LogP contribution < -0.4 is 20.5 Å². The summed E-state index contributed by atoms with van der Waals surface area (Å²) in [6.07, 6.45) is 1.68. The first-order valence-corrected chi connectivity index (χ1v) is 6.04. The predicted octanol–water partition coefficient (Wildman–Crippen LogP) is 1.45. The largest absolute Gasteiger partial charge is 0.486 e. The zero-order chi connectivity index (χ0) is 13.1. The van der Waals surface area contributed by atoms with Crippen molar-refractivity contribution >= 4 is 11.6 Å². The molecule has 0 unspecified atom stereocenters. The molecule has 0 bridgehead atoms. The van der Waals surface area contributed by atoms with Gasteiger partial charge < -0.3 is 20.5 Å². The Hall–Kier alpha value is -2.34. The van der Waals surface area contributed by atoms with E-state index in [4.69, 9.17) is 15.2 Å². The molecule has 0 radical (unpaired) electrons. The molecule has 2 aromatic rings. The van der Waals surface area contributed by atoms with E-state index in [0.717, 1.165) is 22.9 Å². The van der Waals surface area contributed by atoms with E-state index >= 15 is 0 Å². The fourth-order valence-electron chi connectivity index (χ4n) is 1.82. The number of rotatable bonds is 3. The lowest BCUT2D eigenvalue weighted by Gasteiger charge is -2.19. The van der Waals surface area contributed by atoms with Gasteiger partial charge in [-0.05, 0) is 18.2 Å². The highest BCUT2D eigenvalue weighted by molar-refractivity contribution is 5.60. The van der Waals surface area contributed by atoms with Crippen LogP contribution in [-0.4, -0.2) is 23.2 Å². The van der Waals surface area contributed by atoms with Crippen molar-refractivity contribution in [2.24, 2.45) is 5.73 Å². The van der Waals surface area contributed by atoms with Gasteiger partial charge in [0.15, 0.2) is 11.5 Å². The monoisotopic (exact) mass is 258 g/mol. The first-order chi connectivity index (χ1) is 9.35. The van der Waals surface area contributed by atoms with Gasteiger partial charge in [0.2, 0.25) is 5.95 Å². The molecule has 0 fully saturated rings. The van der Waals surface area contributed by atoms with Crippen LogP contribution in [0.2, 0.25) is 0 Å². The first-order valence-electron chi connectivity index (χ1n) is 6.04. The SMILES string of the molecule is NCc1ccnc(Nc2ccc3c(c2)OCCO3)n1. The maximum absolute atomic E-state index is 5.55. The van der Waals surface area contributed by atoms with Gasteiger partial charge in [0.05, 0.1) is 5.69 Å². The Morgan fingerprint density at radius 1 is 1.16 bits per heavy atom. The molecule has 98 valence electrons. The van der Waals surface area contributed by atoms with Gasteiger partial charge in [0.25, 0.3) is 0 Å². The van der Waals surface area contributed by atoms with Gasteiger partial charge in [-0.25, -0.2) is 9.97 Å². The third-order valence-corrected chi connectivity index (χ3v) is 2.72. The lowest BCUT2D eigenvalue weighted by molar-refractivity contribution is 0.171. The number of anilines is 2. The van der Waals surface area contributed by atoms with Crippen LogP contribution in [0.5, 0.6) is 11.5 Å². The lowest BCUT2D eigenvalue weighted by atomic mass is 10.2. The molecule has 1 aliphatic rings. The maximum atomic E-state index is 5.55. The molecule has 2 heterocycles. The van der Waals surface area contributed by atoms with E-state index in [9.17, 15) is 0 Å². The van der Waals surface area contributed by atoms with E-state index in [1.165, 1.54) is 0 Å². The number of hydrogen-bond donors (Lipinski definition) is 2. The Labute approximate surface area is 110 Å². The summed E-state index contributed by atoms with van der Waals surface area (Å²) < 4.78 is 11.0. The predicted molar refractivity (Wildman–Crippen MR) is 70.6 cm³/mol. The van der Waals surface area contributed by atoms with Crippen LogP contribution in [0.1, 0.15) is 5.69 Å². The van der Waals surface area contributed by atoms with Gasteiger partial charge in [-0.1, -0.05) is 0 Å². The Kier molecular flexibility index (Phi) is 3.16. The molecule has 0 atom stereocenters. The van der Waals surface area contributed by atoms with Crippen LogP contribution in [0, 0.1) is 0 Å². The molecule has 0 saturated heterocycles. The number of nitrogens with one attached hydrogen (secondary N) is 1. The van der Waals surface area contributed by atoms with Gasteiger partial charge in [-0.15, -0.1) is 0 Å². The van der Waals surface area contributed by atoms with Gasteiger partial charge in [0, 0.05) is 24.5 Å². The van der Waals surface area contributed by atoms with Crippen molar-refractivity contribution in [2.75, 3.05) is 18.5 Å². The zero-order valence-electron chi connectivity index (χ0n) is 10.3. The molecule has 1 aromatic carbocycles. The fourth-order valence-corrected chi connectivity index (χ4v) is 1.82. The summed E-state index contributed by atoms with van der Waals surface area (Å²) >= 11 is 0. The topological polar surface area (TPSA) is 82.3 Å². The second kappa shape index (κ2) is 5.11. The summed E-state index contributed by atoms with van der Waals surface area (Å²) in [5, 5.41) is 3.12. The molecule has 0 aliphatic carbocycles. The summed E-state index contributed by atoms with van der Waals surface area (Å²) in [6, 6.07) is 7.41. The number of hydrogen-bond acceptors (Lipinski definition) is 6. The maximum Gasteiger partial charge on any atom is 0.227 e. The van der Waals surface area contributed by atoms with E-state index < -0.39 is 0 Å².